The average Bonchev–Trinajstić information content (AvgIpc) is 2.62. The van der Waals surface area contributed by atoms with Crippen LogP contribution in [0.5, 0.6) is 0 Å². The predicted molar refractivity (Wildman–Crippen MR) is 101 cm³/mol. The van der Waals surface area contributed by atoms with Crippen molar-refractivity contribution in [1.82, 2.24) is 4.90 Å². The number of hydrogen-bond donors (Lipinski definition) is 1. The standard InChI is InChI=1S/C22H29NO2/c1-22(2,24)21-14-13-20(17-25-21)23(15-18-9-5-3-6-10-18)16-19-11-7-4-8-12-19/h3-12,20-21,24H,13-17H2,1-2H3. The Labute approximate surface area is 151 Å². The van der Waals surface area contributed by atoms with E-state index in [4.69, 9.17) is 4.74 Å². The van der Waals surface area contributed by atoms with E-state index in [9.17, 15) is 5.11 Å². The summed E-state index contributed by atoms with van der Waals surface area (Å²) in [4.78, 5) is 2.51. The molecule has 1 aliphatic rings. The van der Waals surface area contributed by atoms with Crippen LogP contribution in [-0.2, 0) is 17.8 Å². The van der Waals surface area contributed by atoms with Gasteiger partial charge >= 0.3 is 0 Å². The lowest BCUT2D eigenvalue weighted by Gasteiger charge is -2.40. The maximum Gasteiger partial charge on any atom is 0.0857 e. The maximum atomic E-state index is 10.2. The first-order valence-electron chi connectivity index (χ1n) is 9.18. The SMILES string of the molecule is CC(C)(O)C1CCC(N(Cc2ccccc2)Cc2ccccc2)CO1. The van der Waals surface area contributed by atoms with Crippen LogP contribution in [0.25, 0.3) is 0 Å². The highest BCUT2D eigenvalue weighted by Gasteiger charge is 2.34. The molecule has 1 aliphatic heterocycles. The molecule has 0 radical (unpaired) electrons. The molecule has 1 fully saturated rings. The van der Waals surface area contributed by atoms with Gasteiger partial charge in [-0.1, -0.05) is 60.7 Å². The zero-order valence-corrected chi connectivity index (χ0v) is 15.3. The van der Waals surface area contributed by atoms with Crippen molar-refractivity contribution in [3.05, 3.63) is 71.8 Å². The van der Waals surface area contributed by atoms with Crippen LogP contribution < -0.4 is 0 Å². The number of aliphatic hydroxyl groups is 1. The van der Waals surface area contributed by atoms with Gasteiger partial charge in [-0.2, -0.15) is 0 Å². The molecule has 3 nitrogen and oxygen atoms in total. The highest BCUT2D eigenvalue weighted by molar-refractivity contribution is 5.17. The molecular formula is C22H29NO2. The third-order valence-electron chi connectivity index (χ3n) is 5.01. The minimum atomic E-state index is -0.769. The van der Waals surface area contributed by atoms with E-state index in [2.05, 4.69) is 65.6 Å². The van der Waals surface area contributed by atoms with Crippen molar-refractivity contribution in [2.45, 2.75) is 57.5 Å². The zero-order chi connectivity index (χ0) is 17.7. The molecular weight excluding hydrogens is 310 g/mol. The summed E-state index contributed by atoms with van der Waals surface area (Å²) in [6.45, 7) is 6.18. The van der Waals surface area contributed by atoms with Crippen LogP contribution in [0, 0.1) is 0 Å². The van der Waals surface area contributed by atoms with Gasteiger partial charge in [0, 0.05) is 19.1 Å². The Morgan fingerprint density at radius 3 is 1.84 bits per heavy atom. The number of rotatable bonds is 6. The second-order valence-corrected chi connectivity index (χ2v) is 7.58. The van der Waals surface area contributed by atoms with E-state index < -0.39 is 5.60 Å². The van der Waals surface area contributed by atoms with E-state index in [1.165, 1.54) is 11.1 Å². The van der Waals surface area contributed by atoms with Gasteiger partial charge in [0.1, 0.15) is 0 Å². The second kappa shape index (κ2) is 8.13. The number of ether oxygens (including phenoxy) is 1. The summed E-state index contributed by atoms with van der Waals surface area (Å²) >= 11 is 0. The first kappa shape index (κ1) is 18.1. The quantitative estimate of drug-likeness (QED) is 0.863. The predicted octanol–water partition coefficient (Wildman–Crippen LogP) is 4.01. The summed E-state index contributed by atoms with van der Waals surface area (Å²) < 4.78 is 6.02. The Kier molecular flexibility index (Phi) is 5.89. The van der Waals surface area contributed by atoms with Crippen molar-refractivity contribution in [3.63, 3.8) is 0 Å². The lowest BCUT2D eigenvalue weighted by molar-refractivity contribution is -0.129. The van der Waals surface area contributed by atoms with E-state index in [-0.39, 0.29) is 6.10 Å². The maximum absolute atomic E-state index is 10.2. The van der Waals surface area contributed by atoms with Gasteiger partial charge in [0.05, 0.1) is 18.3 Å². The van der Waals surface area contributed by atoms with Gasteiger partial charge in [-0.25, -0.2) is 0 Å². The summed E-state index contributed by atoms with van der Waals surface area (Å²) in [5, 5.41) is 10.2. The van der Waals surface area contributed by atoms with Crippen molar-refractivity contribution in [1.29, 1.82) is 0 Å². The molecule has 2 aromatic rings. The van der Waals surface area contributed by atoms with Crippen molar-refractivity contribution >= 4 is 0 Å². The molecule has 25 heavy (non-hydrogen) atoms. The molecule has 2 unspecified atom stereocenters. The highest BCUT2D eigenvalue weighted by Crippen LogP contribution is 2.27. The van der Waals surface area contributed by atoms with E-state index >= 15 is 0 Å². The van der Waals surface area contributed by atoms with Crippen LogP contribution in [-0.4, -0.2) is 34.4 Å². The molecule has 0 aliphatic carbocycles. The van der Waals surface area contributed by atoms with E-state index in [0.29, 0.717) is 12.6 Å². The highest BCUT2D eigenvalue weighted by atomic mass is 16.5. The topological polar surface area (TPSA) is 32.7 Å². The van der Waals surface area contributed by atoms with E-state index in [1.807, 2.05) is 13.8 Å². The number of nitrogens with zero attached hydrogens (tertiary/aromatic N) is 1. The number of hydrogen-bond acceptors (Lipinski definition) is 3. The normalized spacial score (nSPS) is 21.4. The molecule has 1 heterocycles. The minimum Gasteiger partial charge on any atom is -0.388 e. The van der Waals surface area contributed by atoms with E-state index in [1.54, 1.807) is 0 Å². The fraction of sp³-hybridized carbons (Fsp3) is 0.455. The second-order valence-electron chi connectivity index (χ2n) is 7.58. The van der Waals surface area contributed by atoms with Gasteiger partial charge in [-0.05, 0) is 37.8 Å². The fourth-order valence-corrected chi connectivity index (χ4v) is 3.53. The van der Waals surface area contributed by atoms with Crippen LogP contribution in [0.1, 0.15) is 37.8 Å². The summed E-state index contributed by atoms with van der Waals surface area (Å²) in [5.41, 5.74) is 1.88. The Balaban J connectivity index is 1.70. The molecule has 134 valence electrons. The monoisotopic (exact) mass is 339 g/mol. The smallest absolute Gasteiger partial charge is 0.0857 e. The first-order chi connectivity index (χ1) is 12.0. The van der Waals surface area contributed by atoms with Gasteiger partial charge in [0.2, 0.25) is 0 Å². The Bertz CT molecular complexity index is 587. The molecule has 1 N–H and O–H groups in total. The van der Waals surface area contributed by atoms with Crippen molar-refractivity contribution in [3.8, 4) is 0 Å². The van der Waals surface area contributed by atoms with Crippen LogP contribution in [0.4, 0.5) is 0 Å². The van der Waals surface area contributed by atoms with Crippen molar-refractivity contribution in [2.24, 2.45) is 0 Å². The van der Waals surface area contributed by atoms with E-state index in [0.717, 1.165) is 25.9 Å². The molecule has 0 bridgehead atoms. The van der Waals surface area contributed by atoms with Crippen LogP contribution in [0.3, 0.4) is 0 Å². The van der Waals surface area contributed by atoms with Crippen molar-refractivity contribution in [2.75, 3.05) is 6.61 Å². The third kappa shape index (κ3) is 5.15. The summed E-state index contributed by atoms with van der Waals surface area (Å²) in [5.74, 6) is 0. The molecule has 3 rings (SSSR count). The van der Waals surface area contributed by atoms with Gasteiger partial charge in [0.25, 0.3) is 0 Å². The molecule has 0 saturated carbocycles. The molecule has 3 heteroatoms. The lowest BCUT2D eigenvalue weighted by atomic mass is 9.92. The summed E-state index contributed by atoms with van der Waals surface area (Å²) in [6, 6.07) is 21.6. The van der Waals surface area contributed by atoms with Crippen LogP contribution >= 0.6 is 0 Å². The van der Waals surface area contributed by atoms with Crippen LogP contribution in [0.15, 0.2) is 60.7 Å². The van der Waals surface area contributed by atoms with Gasteiger partial charge < -0.3 is 9.84 Å². The van der Waals surface area contributed by atoms with Crippen LogP contribution in [0.2, 0.25) is 0 Å². The Morgan fingerprint density at radius 2 is 1.44 bits per heavy atom. The average molecular weight is 339 g/mol. The zero-order valence-electron chi connectivity index (χ0n) is 15.3. The van der Waals surface area contributed by atoms with Gasteiger partial charge in [-0.3, -0.25) is 4.90 Å². The van der Waals surface area contributed by atoms with Crippen molar-refractivity contribution < 1.29 is 9.84 Å². The van der Waals surface area contributed by atoms with Gasteiger partial charge in [0.15, 0.2) is 0 Å². The Hall–Kier alpha value is -1.68. The largest absolute Gasteiger partial charge is 0.388 e. The molecule has 1 saturated heterocycles. The minimum absolute atomic E-state index is 0.0703. The third-order valence-corrected chi connectivity index (χ3v) is 5.01. The van der Waals surface area contributed by atoms with Gasteiger partial charge in [-0.15, -0.1) is 0 Å². The summed E-state index contributed by atoms with van der Waals surface area (Å²) in [7, 11) is 0. The number of benzene rings is 2. The molecule has 0 aromatic heterocycles. The summed E-state index contributed by atoms with van der Waals surface area (Å²) in [6.07, 6.45) is 1.88. The lowest BCUT2D eigenvalue weighted by Crippen LogP contribution is -2.48. The molecule has 2 atom stereocenters. The molecule has 0 amide bonds. The Morgan fingerprint density at radius 1 is 0.920 bits per heavy atom. The fourth-order valence-electron chi connectivity index (χ4n) is 3.53. The first-order valence-corrected chi connectivity index (χ1v) is 9.18. The molecule has 2 aromatic carbocycles. The molecule has 0 spiro atoms.